The van der Waals surface area contributed by atoms with Crippen LogP contribution in [0.25, 0.3) is 0 Å². The highest BCUT2D eigenvalue weighted by Crippen LogP contribution is 2.33. The molecule has 1 heterocycles. The van der Waals surface area contributed by atoms with E-state index >= 15 is 0 Å². The van der Waals surface area contributed by atoms with Gasteiger partial charge in [0.2, 0.25) is 5.91 Å². The topological polar surface area (TPSA) is 151 Å². The van der Waals surface area contributed by atoms with E-state index in [1.54, 1.807) is 51.1 Å². The van der Waals surface area contributed by atoms with Crippen molar-refractivity contribution >= 4 is 64.4 Å². The minimum Gasteiger partial charge on any atom is -0.478 e. The molecule has 13 heteroatoms. The number of carbonyl (C=O) groups is 5. The highest BCUT2D eigenvalue weighted by atomic mass is 127. The van der Waals surface area contributed by atoms with Gasteiger partial charge in [-0.3, -0.25) is 18.7 Å². The Balaban J connectivity index is 2.15. The molecular formula is C21H26IN3O8S. The van der Waals surface area contributed by atoms with E-state index in [2.05, 4.69) is 10.6 Å². The third kappa shape index (κ3) is 7.48. The summed E-state index contributed by atoms with van der Waals surface area (Å²) in [5.41, 5.74) is -1.90. The number of esters is 1. The lowest BCUT2D eigenvalue weighted by Gasteiger charge is -2.46. The second-order valence-electron chi connectivity index (χ2n) is 8.25. The molecule has 0 spiro atoms. The Hall–Kier alpha value is -2.55. The molecule has 3 N–H and O–H groups in total. The second kappa shape index (κ2) is 11.7. The van der Waals surface area contributed by atoms with Gasteiger partial charge in [0.25, 0.3) is 11.3 Å². The summed E-state index contributed by atoms with van der Waals surface area (Å²) in [6, 6.07) is 5.82. The van der Waals surface area contributed by atoms with Crippen molar-refractivity contribution in [3.63, 3.8) is 0 Å². The molecule has 1 fully saturated rings. The Morgan fingerprint density at radius 3 is 2.32 bits per heavy atom. The molecule has 0 aliphatic carbocycles. The van der Waals surface area contributed by atoms with Gasteiger partial charge >= 0.3 is 18.0 Å². The van der Waals surface area contributed by atoms with Crippen LogP contribution in [-0.2, 0) is 28.7 Å². The number of aliphatic carboxylic acids is 1. The summed E-state index contributed by atoms with van der Waals surface area (Å²) < 4.78 is 11.5. The Labute approximate surface area is 214 Å². The Morgan fingerprint density at radius 1 is 1.21 bits per heavy atom. The van der Waals surface area contributed by atoms with Gasteiger partial charge in [-0.25, -0.2) is 9.59 Å². The number of alkyl halides is 1. The molecule has 34 heavy (non-hydrogen) atoms. The maximum Gasteiger partial charge on any atom is 0.408 e. The number of β-lactam (4-membered cyclic amide) rings is 1. The summed E-state index contributed by atoms with van der Waals surface area (Å²) in [6.45, 7) is 6.13. The molecule has 1 aliphatic rings. The lowest BCUT2D eigenvalue weighted by Crippen LogP contribution is -2.70. The van der Waals surface area contributed by atoms with Crippen molar-refractivity contribution < 1.29 is 38.6 Å². The lowest BCUT2D eigenvalue weighted by atomic mass is 9.99. The van der Waals surface area contributed by atoms with Crippen LogP contribution in [-0.4, -0.2) is 66.8 Å². The SMILES string of the molecule is CC(=O)OC(SN1C(=O)C(NC(=O)C(NC(=O)OC(C)(C)C)c2ccccc2)C1CI)C(=O)O. The van der Waals surface area contributed by atoms with E-state index in [1.807, 2.05) is 22.6 Å². The van der Waals surface area contributed by atoms with Crippen molar-refractivity contribution in [2.24, 2.45) is 0 Å². The number of benzene rings is 1. The molecule has 186 valence electrons. The number of carbonyl (C=O) groups excluding carboxylic acids is 4. The predicted molar refractivity (Wildman–Crippen MR) is 131 cm³/mol. The largest absolute Gasteiger partial charge is 0.478 e. The van der Waals surface area contributed by atoms with Crippen LogP contribution in [0.15, 0.2) is 30.3 Å². The van der Waals surface area contributed by atoms with E-state index in [0.717, 1.165) is 11.2 Å². The first-order chi connectivity index (χ1) is 15.8. The summed E-state index contributed by atoms with van der Waals surface area (Å²) in [5.74, 6) is -3.41. The molecule has 1 aliphatic heterocycles. The summed E-state index contributed by atoms with van der Waals surface area (Å²) in [4.78, 5) is 60.7. The average Bonchev–Trinajstić information content (AvgIpc) is 2.74. The number of nitrogens with zero attached hydrogens (tertiary/aromatic N) is 1. The number of carboxylic acid groups (broad SMARTS) is 1. The highest BCUT2D eigenvalue weighted by molar-refractivity contribution is 14.1. The van der Waals surface area contributed by atoms with E-state index in [0.29, 0.717) is 21.9 Å². The Kier molecular flexibility index (Phi) is 9.55. The lowest BCUT2D eigenvalue weighted by molar-refractivity contribution is -0.156. The second-order valence-corrected chi connectivity index (χ2v) is 10.2. The van der Waals surface area contributed by atoms with Gasteiger partial charge in [-0.05, 0) is 26.3 Å². The van der Waals surface area contributed by atoms with Crippen molar-refractivity contribution in [2.75, 3.05) is 4.43 Å². The first kappa shape index (κ1) is 27.7. The minimum atomic E-state index is -1.60. The Morgan fingerprint density at radius 2 is 1.82 bits per heavy atom. The number of carboxylic acids is 1. The number of halogens is 1. The minimum absolute atomic E-state index is 0.364. The van der Waals surface area contributed by atoms with E-state index in [4.69, 9.17) is 9.47 Å². The fraction of sp³-hybridized carbons (Fsp3) is 0.476. The third-order valence-electron chi connectivity index (χ3n) is 4.37. The highest BCUT2D eigenvalue weighted by Gasteiger charge is 2.50. The maximum absolute atomic E-state index is 13.1. The summed E-state index contributed by atoms with van der Waals surface area (Å²) >= 11 is 2.56. The maximum atomic E-state index is 13.1. The van der Waals surface area contributed by atoms with E-state index < -0.39 is 59.0 Å². The monoisotopic (exact) mass is 607 g/mol. The predicted octanol–water partition coefficient (Wildman–Crippen LogP) is 2.00. The number of ether oxygens (including phenoxy) is 2. The van der Waals surface area contributed by atoms with Crippen LogP contribution >= 0.6 is 34.5 Å². The number of nitrogens with one attached hydrogen (secondary N) is 2. The van der Waals surface area contributed by atoms with Crippen LogP contribution < -0.4 is 10.6 Å². The molecule has 4 atom stereocenters. The average molecular weight is 607 g/mol. The van der Waals surface area contributed by atoms with Gasteiger partial charge in [0.05, 0.1) is 6.04 Å². The number of rotatable bonds is 9. The van der Waals surface area contributed by atoms with Crippen LogP contribution in [0.3, 0.4) is 0 Å². The Bertz CT molecular complexity index is 940. The summed E-state index contributed by atoms with van der Waals surface area (Å²) in [6.07, 6.45) is -0.801. The van der Waals surface area contributed by atoms with Crippen LogP contribution in [0.1, 0.15) is 39.3 Å². The smallest absolute Gasteiger partial charge is 0.408 e. The zero-order chi connectivity index (χ0) is 25.6. The zero-order valence-corrected chi connectivity index (χ0v) is 21.9. The first-order valence-electron chi connectivity index (χ1n) is 10.1. The zero-order valence-electron chi connectivity index (χ0n) is 18.9. The van der Waals surface area contributed by atoms with Crippen LogP contribution in [0, 0.1) is 0 Å². The van der Waals surface area contributed by atoms with Crippen LogP contribution in [0.2, 0.25) is 0 Å². The molecule has 1 saturated heterocycles. The number of hydrogen-bond donors (Lipinski definition) is 3. The fourth-order valence-electron chi connectivity index (χ4n) is 2.94. The van der Waals surface area contributed by atoms with Crippen molar-refractivity contribution in [1.82, 2.24) is 14.9 Å². The summed E-state index contributed by atoms with van der Waals surface area (Å²) in [7, 11) is 0. The fourth-order valence-corrected chi connectivity index (χ4v) is 5.15. The number of amides is 3. The summed E-state index contributed by atoms with van der Waals surface area (Å²) in [5, 5.41) is 14.4. The molecular weight excluding hydrogens is 581 g/mol. The number of alkyl carbamates (subject to hydrolysis) is 1. The van der Waals surface area contributed by atoms with Crippen molar-refractivity contribution in [3.05, 3.63) is 35.9 Å². The van der Waals surface area contributed by atoms with Gasteiger partial charge in [-0.15, -0.1) is 0 Å². The molecule has 2 rings (SSSR count). The molecule has 0 bridgehead atoms. The molecule has 1 aromatic rings. The molecule has 0 aromatic heterocycles. The quantitative estimate of drug-likeness (QED) is 0.0957. The van der Waals surface area contributed by atoms with Crippen LogP contribution in [0.4, 0.5) is 4.79 Å². The van der Waals surface area contributed by atoms with Gasteiger partial charge in [0.1, 0.15) is 17.7 Å². The van der Waals surface area contributed by atoms with Crippen molar-refractivity contribution in [3.8, 4) is 0 Å². The van der Waals surface area contributed by atoms with Gasteiger partial charge < -0.3 is 25.2 Å². The molecule has 1 aromatic carbocycles. The standard InChI is InChI=1S/C21H26IN3O8S/c1-11(26)32-19(18(29)30)34-25-13(10-22)15(17(25)28)23-16(27)14(12-8-6-5-7-9-12)24-20(31)33-21(2,3)4/h5-9,13-15,19H,10H2,1-4H3,(H,23,27)(H,24,31)(H,29,30). The van der Waals surface area contributed by atoms with E-state index in [-0.39, 0.29) is 0 Å². The third-order valence-corrected chi connectivity index (χ3v) is 6.43. The molecule has 4 unspecified atom stereocenters. The van der Waals surface area contributed by atoms with E-state index in [1.165, 1.54) is 0 Å². The van der Waals surface area contributed by atoms with Gasteiger partial charge in [0.15, 0.2) is 0 Å². The van der Waals surface area contributed by atoms with E-state index in [9.17, 15) is 29.1 Å². The van der Waals surface area contributed by atoms with Gasteiger partial charge in [-0.2, -0.15) is 0 Å². The van der Waals surface area contributed by atoms with Crippen molar-refractivity contribution in [1.29, 1.82) is 0 Å². The molecule has 0 saturated carbocycles. The van der Waals surface area contributed by atoms with Gasteiger partial charge in [-0.1, -0.05) is 52.9 Å². The molecule has 11 nitrogen and oxygen atoms in total. The van der Waals surface area contributed by atoms with Crippen molar-refractivity contribution in [2.45, 2.75) is 56.9 Å². The molecule has 3 amide bonds. The number of hydrogen-bond acceptors (Lipinski definition) is 8. The van der Waals surface area contributed by atoms with Gasteiger partial charge in [0, 0.05) is 23.3 Å². The molecule has 0 radical (unpaired) electrons. The normalized spacial score (nSPS) is 19.3. The first-order valence-corrected chi connectivity index (χ1v) is 12.5. The van der Waals surface area contributed by atoms with Crippen LogP contribution in [0.5, 0.6) is 0 Å².